The average molecular weight is 340 g/mol. The van der Waals surface area contributed by atoms with Crippen LogP contribution in [-0.4, -0.2) is 30.6 Å². The predicted octanol–water partition coefficient (Wildman–Crippen LogP) is 2.92. The summed E-state index contributed by atoms with van der Waals surface area (Å²) in [6.45, 7) is 7.68. The molecule has 0 bridgehead atoms. The minimum atomic E-state index is 0.627. The standard InChI is InChI=1S/C20H28N4O/c1-3-21-20(23-14-12-19-11-7-8-13-22-19)24-15-17-9-5-6-10-18(17)16-25-4-2/h5-11,13H,3-4,12,14-16H2,1-2H3,(H2,21,23,24). The lowest BCUT2D eigenvalue weighted by Gasteiger charge is -2.12. The fourth-order valence-electron chi connectivity index (χ4n) is 2.43. The number of hydrogen-bond donors (Lipinski definition) is 2. The summed E-state index contributed by atoms with van der Waals surface area (Å²) in [4.78, 5) is 9.04. The predicted molar refractivity (Wildman–Crippen MR) is 103 cm³/mol. The van der Waals surface area contributed by atoms with Crippen LogP contribution in [0.4, 0.5) is 0 Å². The average Bonchev–Trinajstić information content (AvgIpc) is 2.66. The van der Waals surface area contributed by atoms with Crippen LogP contribution in [0.15, 0.2) is 53.7 Å². The van der Waals surface area contributed by atoms with Gasteiger partial charge >= 0.3 is 0 Å². The van der Waals surface area contributed by atoms with Gasteiger partial charge < -0.3 is 15.4 Å². The third-order valence-electron chi connectivity index (χ3n) is 3.73. The van der Waals surface area contributed by atoms with E-state index in [1.54, 1.807) is 0 Å². The quantitative estimate of drug-likeness (QED) is 0.544. The van der Waals surface area contributed by atoms with Gasteiger partial charge in [-0.25, -0.2) is 4.99 Å². The molecule has 0 amide bonds. The van der Waals surface area contributed by atoms with E-state index < -0.39 is 0 Å². The first-order valence-electron chi connectivity index (χ1n) is 8.90. The molecule has 2 N–H and O–H groups in total. The van der Waals surface area contributed by atoms with Gasteiger partial charge in [-0.3, -0.25) is 4.98 Å². The highest BCUT2D eigenvalue weighted by atomic mass is 16.5. The Bertz CT molecular complexity index is 643. The minimum Gasteiger partial charge on any atom is -0.377 e. The Hall–Kier alpha value is -2.40. The molecule has 0 radical (unpaired) electrons. The number of pyridine rings is 1. The summed E-state index contributed by atoms with van der Waals surface area (Å²) in [6.07, 6.45) is 2.69. The molecule has 0 aliphatic heterocycles. The van der Waals surface area contributed by atoms with Crippen molar-refractivity contribution in [2.45, 2.75) is 33.4 Å². The number of hydrogen-bond acceptors (Lipinski definition) is 3. The van der Waals surface area contributed by atoms with Crippen LogP contribution in [-0.2, 0) is 24.3 Å². The lowest BCUT2D eigenvalue weighted by atomic mass is 10.1. The molecule has 5 nitrogen and oxygen atoms in total. The van der Waals surface area contributed by atoms with Gasteiger partial charge in [-0.05, 0) is 37.1 Å². The number of nitrogens with one attached hydrogen (secondary N) is 2. The molecule has 0 saturated carbocycles. The summed E-state index contributed by atoms with van der Waals surface area (Å²) < 4.78 is 5.54. The molecule has 2 aromatic rings. The number of aromatic nitrogens is 1. The van der Waals surface area contributed by atoms with Crippen molar-refractivity contribution in [1.82, 2.24) is 15.6 Å². The highest BCUT2D eigenvalue weighted by molar-refractivity contribution is 5.79. The van der Waals surface area contributed by atoms with Crippen LogP contribution in [0.5, 0.6) is 0 Å². The van der Waals surface area contributed by atoms with Crippen molar-refractivity contribution in [3.63, 3.8) is 0 Å². The summed E-state index contributed by atoms with van der Waals surface area (Å²) in [7, 11) is 0. The van der Waals surface area contributed by atoms with Gasteiger partial charge in [0.15, 0.2) is 5.96 Å². The second-order valence-electron chi connectivity index (χ2n) is 5.60. The first-order valence-corrected chi connectivity index (χ1v) is 8.90. The van der Waals surface area contributed by atoms with Crippen molar-refractivity contribution in [2.75, 3.05) is 19.7 Å². The second kappa shape index (κ2) is 11.2. The van der Waals surface area contributed by atoms with Gasteiger partial charge in [-0.2, -0.15) is 0 Å². The van der Waals surface area contributed by atoms with E-state index >= 15 is 0 Å². The smallest absolute Gasteiger partial charge is 0.191 e. The summed E-state index contributed by atoms with van der Waals surface area (Å²) >= 11 is 0. The molecule has 0 fully saturated rings. The number of benzene rings is 1. The molecule has 134 valence electrons. The van der Waals surface area contributed by atoms with Gasteiger partial charge in [-0.15, -0.1) is 0 Å². The van der Waals surface area contributed by atoms with Crippen molar-refractivity contribution in [3.8, 4) is 0 Å². The maximum Gasteiger partial charge on any atom is 0.191 e. The SMILES string of the molecule is CCNC(=NCc1ccccc1COCC)NCCc1ccccn1. The van der Waals surface area contributed by atoms with Gasteiger partial charge in [0, 0.05) is 38.0 Å². The Kier molecular flexibility index (Phi) is 8.49. The van der Waals surface area contributed by atoms with Crippen molar-refractivity contribution in [1.29, 1.82) is 0 Å². The van der Waals surface area contributed by atoms with Crippen LogP contribution in [0.3, 0.4) is 0 Å². The van der Waals surface area contributed by atoms with Crippen molar-refractivity contribution >= 4 is 5.96 Å². The largest absolute Gasteiger partial charge is 0.377 e. The van der Waals surface area contributed by atoms with Crippen molar-refractivity contribution in [3.05, 3.63) is 65.5 Å². The number of guanidine groups is 1. The van der Waals surface area contributed by atoms with Crippen LogP contribution in [0.25, 0.3) is 0 Å². The molecule has 0 unspecified atom stereocenters. The van der Waals surface area contributed by atoms with Crippen LogP contribution in [0.2, 0.25) is 0 Å². The third-order valence-corrected chi connectivity index (χ3v) is 3.73. The lowest BCUT2D eigenvalue weighted by molar-refractivity contribution is 0.133. The molecule has 2 rings (SSSR count). The molecule has 0 aliphatic carbocycles. The number of ether oxygens (including phenoxy) is 1. The van der Waals surface area contributed by atoms with E-state index in [0.717, 1.165) is 37.8 Å². The first kappa shape index (κ1) is 18.9. The molecule has 0 aliphatic rings. The molecule has 25 heavy (non-hydrogen) atoms. The number of nitrogens with zero attached hydrogens (tertiary/aromatic N) is 2. The Morgan fingerprint density at radius 3 is 2.56 bits per heavy atom. The lowest BCUT2D eigenvalue weighted by Crippen LogP contribution is -2.38. The van der Waals surface area contributed by atoms with Gasteiger partial charge in [0.05, 0.1) is 13.2 Å². The van der Waals surface area contributed by atoms with Crippen LogP contribution < -0.4 is 10.6 Å². The Balaban J connectivity index is 1.92. The topological polar surface area (TPSA) is 58.5 Å². The molecular formula is C20H28N4O. The Morgan fingerprint density at radius 1 is 1.04 bits per heavy atom. The Morgan fingerprint density at radius 2 is 1.84 bits per heavy atom. The van der Waals surface area contributed by atoms with E-state index in [1.165, 1.54) is 11.1 Å². The first-order chi connectivity index (χ1) is 12.3. The van der Waals surface area contributed by atoms with E-state index in [4.69, 9.17) is 9.73 Å². The highest BCUT2D eigenvalue weighted by Gasteiger charge is 2.03. The fraction of sp³-hybridized carbons (Fsp3) is 0.400. The van der Waals surface area contributed by atoms with Crippen LogP contribution in [0, 0.1) is 0 Å². The summed E-state index contributed by atoms with van der Waals surface area (Å²) in [5.41, 5.74) is 3.46. The summed E-state index contributed by atoms with van der Waals surface area (Å²) in [6, 6.07) is 14.3. The third kappa shape index (κ3) is 6.93. The van der Waals surface area contributed by atoms with E-state index in [-0.39, 0.29) is 0 Å². The molecular weight excluding hydrogens is 312 g/mol. The monoisotopic (exact) mass is 340 g/mol. The van der Waals surface area contributed by atoms with Gasteiger partial charge in [-0.1, -0.05) is 30.3 Å². The van der Waals surface area contributed by atoms with E-state index in [9.17, 15) is 0 Å². The molecule has 1 aromatic heterocycles. The molecule has 5 heteroatoms. The second-order valence-corrected chi connectivity index (χ2v) is 5.60. The fourth-order valence-corrected chi connectivity index (χ4v) is 2.43. The summed E-state index contributed by atoms with van der Waals surface area (Å²) in [5.74, 6) is 0.824. The van der Waals surface area contributed by atoms with Gasteiger partial charge in [0.1, 0.15) is 0 Å². The van der Waals surface area contributed by atoms with Gasteiger partial charge in [0.2, 0.25) is 0 Å². The summed E-state index contributed by atoms with van der Waals surface area (Å²) in [5, 5.41) is 6.66. The zero-order valence-electron chi connectivity index (χ0n) is 15.2. The van der Waals surface area contributed by atoms with Gasteiger partial charge in [0.25, 0.3) is 0 Å². The van der Waals surface area contributed by atoms with E-state index in [0.29, 0.717) is 13.2 Å². The number of aliphatic imine (C=N–C) groups is 1. The Labute approximate surface area is 150 Å². The van der Waals surface area contributed by atoms with Crippen LogP contribution in [0.1, 0.15) is 30.7 Å². The molecule has 0 atom stereocenters. The maximum atomic E-state index is 5.54. The zero-order chi connectivity index (χ0) is 17.7. The van der Waals surface area contributed by atoms with E-state index in [1.807, 2.05) is 43.5 Å². The highest BCUT2D eigenvalue weighted by Crippen LogP contribution is 2.11. The van der Waals surface area contributed by atoms with Crippen molar-refractivity contribution in [2.24, 2.45) is 4.99 Å². The van der Waals surface area contributed by atoms with E-state index in [2.05, 4.69) is 34.7 Å². The molecule has 0 saturated heterocycles. The molecule has 0 spiro atoms. The number of rotatable bonds is 9. The molecule has 1 heterocycles. The van der Waals surface area contributed by atoms with Crippen LogP contribution >= 0.6 is 0 Å². The normalized spacial score (nSPS) is 11.4. The minimum absolute atomic E-state index is 0.627. The van der Waals surface area contributed by atoms with Crippen molar-refractivity contribution < 1.29 is 4.74 Å². The maximum absolute atomic E-state index is 5.54. The molecule has 1 aromatic carbocycles. The zero-order valence-corrected chi connectivity index (χ0v) is 15.2.